The van der Waals surface area contributed by atoms with Crippen LogP contribution in [-0.4, -0.2) is 52.2 Å². The Hall–Kier alpha value is -2.69. The van der Waals surface area contributed by atoms with Crippen LogP contribution in [0, 0.1) is 0 Å². The highest BCUT2D eigenvalue weighted by molar-refractivity contribution is 7.99. The van der Waals surface area contributed by atoms with Gasteiger partial charge >= 0.3 is 0 Å². The van der Waals surface area contributed by atoms with Crippen molar-refractivity contribution in [2.75, 3.05) is 24.2 Å². The van der Waals surface area contributed by atoms with Gasteiger partial charge in [-0.25, -0.2) is 18.1 Å². The monoisotopic (exact) mass is 471 g/mol. The molecule has 4 rings (SSSR count). The Morgan fingerprint density at radius 3 is 2.34 bits per heavy atom. The van der Waals surface area contributed by atoms with E-state index in [1.165, 1.54) is 11.8 Å². The van der Waals surface area contributed by atoms with Gasteiger partial charge in [0.2, 0.25) is 21.1 Å². The zero-order chi connectivity index (χ0) is 22.4. The van der Waals surface area contributed by atoms with Crippen LogP contribution in [0.3, 0.4) is 0 Å². The van der Waals surface area contributed by atoms with Gasteiger partial charge in [-0.1, -0.05) is 42.8 Å². The van der Waals surface area contributed by atoms with Crippen molar-refractivity contribution in [3.8, 4) is 5.69 Å². The molecule has 0 saturated carbocycles. The van der Waals surface area contributed by atoms with Crippen molar-refractivity contribution in [1.29, 1.82) is 0 Å². The molecule has 32 heavy (non-hydrogen) atoms. The minimum Gasteiger partial charge on any atom is -0.325 e. The third-order valence-corrected chi connectivity index (χ3v) is 7.93. The molecular weight excluding hydrogens is 446 g/mol. The molecule has 168 valence electrons. The summed E-state index contributed by atoms with van der Waals surface area (Å²) >= 11 is 1.23. The van der Waals surface area contributed by atoms with Crippen LogP contribution in [0.1, 0.15) is 25.7 Å². The number of rotatable bonds is 7. The summed E-state index contributed by atoms with van der Waals surface area (Å²) in [5.41, 5.74) is 1.44. The maximum Gasteiger partial charge on any atom is 0.243 e. The van der Waals surface area contributed by atoms with Gasteiger partial charge in [0.1, 0.15) is 6.33 Å². The van der Waals surface area contributed by atoms with Crippen LogP contribution in [0.15, 0.2) is 71.0 Å². The van der Waals surface area contributed by atoms with Gasteiger partial charge < -0.3 is 5.32 Å². The molecule has 0 atom stereocenters. The van der Waals surface area contributed by atoms with Gasteiger partial charge in [0, 0.05) is 18.8 Å². The van der Waals surface area contributed by atoms with E-state index in [9.17, 15) is 13.2 Å². The number of sulfonamides is 1. The number of thioether (sulfide) groups is 1. The van der Waals surface area contributed by atoms with Gasteiger partial charge in [-0.3, -0.25) is 4.79 Å². The highest BCUT2D eigenvalue weighted by Crippen LogP contribution is 2.22. The Balaban J connectivity index is 1.32. The second-order valence-corrected chi connectivity index (χ2v) is 10.4. The molecule has 2 aromatic carbocycles. The molecule has 2 heterocycles. The average Bonchev–Trinajstić information content (AvgIpc) is 3.11. The maximum atomic E-state index is 12.9. The fourth-order valence-corrected chi connectivity index (χ4v) is 5.60. The van der Waals surface area contributed by atoms with E-state index in [4.69, 9.17) is 0 Å². The van der Waals surface area contributed by atoms with Gasteiger partial charge in [0.05, 0.1) is 16.3 Å². The number of hydrogen-bond donors (Lipinski definition) is 1. The lowest BCUT2D eigenvalue weighted by Gasteiger charge is -2.20. The molecule has 8 nitrogen and oxygen atoms in total. The Kier molecular flexibility index (Phi) is 7.23. The van der Waals surface area contributed by atoms with Crippen molar-refractivity contribution in [3.05, 3.63) is 60.9 Å². The third-order valence-electron chi connectivity index (χ3n) is 5.16. The molecule has 0 spiro atoms. The molecule has 1 amide bonds. The van der Waals surface area contributed by atoms with E-state index in [-0.39, 0.29) is 16.6 Å². The first-order valence-electron chi connectivity index (χ1n) is 10.5. The Morgan fingerprint density at radius 1 is 0.969 bits per heavy atom. The van der Waals surface area contributed by atoms with Crippen LogP contribution in [0.2, 0.25) is 0 Å². The van der Waals surface area contributed by atoms with Crippen molar-refractivity contribution in [1.82, 2.24) is 19.1 Å². The summed E-state index contributed by atoms with van der Waals surface area (Å²) in [5, 5.41) is 7.66. The van der Waals surface area contributed by atoms with E-state index in [2.05, 4.69) is 15.4 Å². The third kappa shape index (κ3) is 5.56. The van der Waals surface area contributed by atoms with E-state index in [1.54, 1.807) is 39.6 Å². The summed E-state index contributed by atoms with van der Waals surface area (Å²) in [4.78, 5) is 16.8. The predicted octanol–water partition coefficient (Wildman–Crippen LogP) is 3.56. The fraction of sp³-hybridized carbons (Fsp3) is 0.318. The fourth-order valence-electron chi connectivity index (χ4n) is 3.49. The lowest BCUT2D eigenvalue weighted by atomic mass is 10.2. The van der Waals surface area contributed by atoms with Crippen LogP contribution < -0.4 is 5.32 Å². The number of amides is 1. The van der Waals surface area contributed by atoms with Crippen LogP contribution in [0.5, 0.6) is 0 Å². The minimum atomic E-state index is -3.50. The zero-order valence-corrected chi connectivity index (χ0v) is 19.2. The van der Waals surface area contributed by atoms with E-state index in [0.29, 0.717) is 23.9 Å². The van der Waals surface area contributed by atoms with Gasteiger partial charge in [-0.05, 0) is 49.2 Å². The second-order valence-electron chi connectivity index (χ2n) is 7.49. The molecule has 1 aromatic heterocycles. The van der Waals surface area contributed by atoms with Gasteiger partial charge in [0.25, 0.3) is 0 Å². The Labute approximate surface area is 192 Å². The number of nitrogens with one attached hydrogen (secondary N) is 1. The lowest BCUT2D eigenvalue weighted by molar-refractivity contribution is -0.113. The zero-order valence-electron chi connectivity index (χ0n) is 17.6. The highest BCUT2D eigenvalue weighted by atomic mass is 32.2. The maximum absolute atomic E-state index is 12.9. The number of anilines is 1. The number of carbonyl (C=O) groups is 1. The topological polar surface area (TPSA) is 97.2 Å². The summed E-state index contributed by atoms with van der Waals surface area (Å²) in [7, 11) is -3.50. The molecule has 0 bridgehead atoms. The summed E-state index contributed by atoms with van der Waals surface area (Å²) in [5.74, 6) is -0.0682. The molecule has 1 N–H and O–H groups in total. The van der Waals surface area contributed by atoms with Crippen molar-refractivity contribution >= 4 is 33.4 Å². The summed E-state index contributed by atoms with van der Waals surface area (Å²) < 4.78 is 28.9. The Bertz CT molecular complexity index is 1140. The predicted molar refractivity (Wildman–Crippen MR) is 124 cm³/mol. The largest absolute Gasteiger partial charge is 0.325 e. The summed E-state index contributed by atoms with van der Waals surface area (Å²) in [6, 6.07) is 15.9. The highest BCUT2D eigenvalue weighted by Gasteiger charge is 2.25. The van der Waals surface area contributed by atoms with Crippen LogP contribution in [-0.2, 0) is 14.8 Å². The molecule has 1 aliphatic heterocycles. The van der Waals surface area contributed by atoms with Crippen molar-refractivity contribution < 1.29 is 13.2 Å². The average molecular weight is 472 g/mol. The van der Waals surface area contributed by atoms with E-state index in [1.807, 2.05) is 30.3 Å². The van der Waals surface area contributed by atoms with E-state index in [0.717, 1.165) is 31.4 Å². The van der Waals surface area contributed by atoms with Crippen LogP contribution in [0.4, 0.5) is 5.69 Å². The molecule has 1 saturated heterocycles. The van der Waals surface area contributed by atoms with Crippen molar-refractivity contribution in [2.24, 2.45) is 0 Å². The van der Waals surface area contributed by atoms with Crippen molar-refractivity contribution in [2.45, 2.75) is 35.7 Å². The molecular formula is C22H25N5O3S2. The number of carbonyl (C=O) groups excluding carboxylic acids is 1. The van der Waals surface area contributed by atoms with Gasteiger partial charge in [-0.2, -0.15) is 4.31 Å². The minimum absolute atomic E-state index is 0.145. The van der Waals surface area contributed by atoms with E-state index >= 15 is 0 Å². The first-order valence-corrected chi connectivity index (χ1v) is 12.9. The lowest BCUT2D eigenvalue weighted by Crippen LogP contribution is -2.31. The molecule has 10 heteroatoms. The van der Waals surface area contributed by atoms with Gasteiger partial charge in [-0.15, -0.1) is 5.10 Å². The van der Waals surface area contributed by atoms with Gasteiger partial charge in [0.15, 0.2) is 0 Å². The first kappa shape index (κ1) is 22.5. The molecule has 1 fully saturated rings. The molecule has 0 unspecified atom stereocenters. The second kappa shape index (κ2) is 10.3. The number of para-hydroxylation sites is 1. The van der Waals surface area contributed by atoms with Crippen LogP contribution in [0.25, 0.3) is 5.69 Å². The molecule has 0 radical (unpaired) electrons. The summed E-state index contributed by atoms with van der Waals surface area (Å²) in [6.07, 6.45) is 5.53. The quantitative estimate of drug-likeness (QED) is 0.529. The van der Waals surface area contributed by atoms with Crippen molar-refractivity contribution in [3.63, 3.8) is 0 Å². The normalized spacial score (nSPS) is 15.2. The first-order chi connectivity index (χ1) is 15.5. The molecule has 1 aliphatic rings. The number of benzene rings is 2. The van der Waals surface area contributed by atoms with E-state index < -0.39 is 10.0 Å². The SMILES string of the molecule is O=C(CSc1ncn(-c2ccccc2)n1)Nc1ccc(S(=O)(=O)N2CCCCCC2)cc1. The summed E-state index contributed by atoms with van der Waals surface area (Å²) in [6.45, 7) is 1.12. The molecule has 0 aliphatic carbocycles. The number of hydrogen-bond acceptors (Lipinski definition) is 6. The molecule has 3 aromatic rings. The standard InChI is InChI=1S/C22H25N5O3S2/c28-21(16-31-22-23-17-27(25-22)19-8-4-3-5-9-19)24-18-10-12-20(13-11-18)32(29,30)26-14-6-1-2-7-15-26/h3-5,8-13,17H,1-2,6-7,14-16H2,(H,24,28). The smallest absolute Gasteiger partial charge is 0.243 e. The number of aromatic nitrogens is 3. The Morgan fingerprint density at radius 2 is 1.66 bits per heavy atom. The van der Waals surface area contributed by atoms with Crippen LogP contribution >= 0.6 is 11.8 Å². The number of nitrogens with zero attached hydrogens (tertiary/aromatic N) is 4.